The van der Waals surface area contributed by atoms with Crippen molar-refractivity contribution in [1.29, 1.82) is 0 Å². The Morgan fingerprint density at radius 2 is 2.07 bits per heavy atom. The first kappa shape index (κ1) is 21.5. The lowest BCUT2D eigenvalue weighted by Crippen LogP contribution is -2.12. The summed E-state index contributed by atoms with van der Waals surface area (Å²) in [6, 6.07) is 11.4. The van der Waals surface area contributed by atoms with Crippen molar-refractivity contribution in [3.05, 3.63) is 60.2 Å². The van der Waals surface area contributed by atoms with Crippen LogP contribution in [0.1, 0.15) is 12.5 Å². The predicted octanol–water partition coefficient (Wildman–Crippen LogP) is 3.65. The Bertz CT molecular complexity index is 1130. The summed E-state index contributed by atoms with van der Waals surface area (Å²) in [5.41, 5.74) is 2.04. The molecule has 3 aromatic rings. The van der Waals surface area contributed by atoms with Gasteiger partial charge in [-0.25, -0.2) is 14.4 Å². The minimum atomic E-state index is -2.72. The van der Waals surface area contributed by atoms with Gasteiger partial charge in [-0.2, -0.15) is 9.35 Å². The second-order valence-corrected chi connectivity index (χ2v) is 9.36. The van der Waals surface area contributed by atoms with Gasteiger partial charge in [0.1, 0.15) is 17.9 Å². The first-order valence-corrected chi connectivity index (χ1v) is 11.3. The maximum absolute atomic E-state index is 13.5. The molecule has 10 heteroatoms. The van der Waals surface area contributed by atoms with E-state index in [-0.39, 0.29) is 5.75 Å². The molecule has 0 saturated carbocycles. The molecule has 0 atom stereocenters. The summed E-state index contributed by atoms with van der Waals surface area (Å²) in [7, 11) is -1.28. The summed E-state index contributed by atoms with van der Waals surface area (Å²) < 4.78 is 32.9. The van der Waals surface area contributed by atoms with Crippen molar-refractivity contribution in [3.8, 4) is 17.1 Å². The van der Waals surface area contributed by atoms with E-state index in [0.717, 1.165) is 5.56 Å². The Balaban J connectivity index is 1.85. The Kier molecular flexibility index (Phi) is 6.48. The van der Waals surface area contributed by atoms with Crippen LogP contribution in [0.3, 0.4) is 0 Å². The van der Waals surface area contributed by atoms with Crippen LogP contribution in [0.4, 0.5) is 16.0 Å². The van der Waals surface area contributed by atoms with Crippen LogP contribution >= 0.6 is 0 Å². The molecular formula is C20H22FN5O3S. The third kappa shape index (κ3) is 5.65. The topological polar surface area (TPSA) is 110 Å². The average Bonchev–Trinajstić information content (AvgIpc) is 2.67. The van der Waals surface area contributed by atoms with Crippen LogP contribution < -0.4 is 10.1 Å². The van der Waals surface area contributed by atoms with Gasteiger partial charge >= 0.3 is 0 Å². The normalized spacial score (nSPS) is 11.6. The van der Waals surface area contributed by atoms with Gasteiger partial charge in [0.25, 0.3) is 0 Å². The highest BCUT2D eigenvalue weighted by atomic mass is 32.3. The predicted molar refractivity (Wildman–Crippen MR) is 116 cm³/mol. The van der Waals surface area contributed by atoms with E-state index in [1.165, 1.54) is 38.6 Å². The van der Waals surface area contributed by atoms with Gasteiger partial charge in [-0.05, 0) is 36.1 Å². The molecule has 1 amide bonds. The van der Waals surface area contributed by atoms with E-state index in [1.807, 2.05) is 24.3 Å². The van der Waals surface area contributed by atoms with E-state index >= 15 is 0 Å². The number of anilines is 2. The molecular weight excluding hydrogens is 409 g/mol. The third-order valence-corrected chi connectivity index (χ3v) is 5.67. The number of methoxy groups -OCH3 is 1. The number of benzene rings is 2. The van der Waals surface area contributed by atoms with Crippen molar-refractivity contribution >= 4 is 27.6 Å². The van der Waals surface area contributed by atoms with E-state index in [0.29, 0.717) is 28.8 Å². The fourth-order valence-corrected chi connectivity index (χ4v) is 4.46. The highest BCUT2D eigenvalue weighted by Crippen LogP contribution is 2.28. The summed E-state index contributed by atoms with van der Waals surface area (Å²) in [6.45, 7) is 1.32. The number of rotatable bonds is 6. The number of nitrogens with zero attached hydrogens (tertiary/aromatic N) is 4. The van der Waals surface area contributed by atoms with E-state index in [1.54, 1.807) is 6.26 Å². The lowest BCUT2D eigenvalue weighted by Gasteiger charge is -2.18. The van der Waals surface area contributed by atoms with Gasteiger partial charge in [0.05, 0.1) is 12.7 Å². The van der Waals surface area contributed by atoms with Crippen molar-refractivity contribution in [2.75, 3.05) is 18.7 Å². The quantitative estimate of drug-likeness (QED) is 0.511. The second kappa shape index (κ2) is 9.06. The first-order valence-electron chi connectivity index (χ1n) is 8.97. The third-order valence-electron chi connectivity index (χ3n) is 4.00. The standard InChI is InChI=1S/C20H22FN5O3S/c1-13(27)26-30(3,28)11-14-5-4-6-16(9-14)24-20-23-12-22-19(25-20)17-8-7-15(21)10-18(17)29-2/h4-10,12,30H,11H2,1-3H3,(H,26,27,28)(H,22,23,24,25). The Labute approximate surface area is 174 Å². The van der Waals surface area contributed by atoms with E-state index < -0.39 is 21.8 Å². The van der Waals surface area contributed by atoms with Gasteiger partial charge in [0.15, 0.2) is 5.82 Å². The molecule has 0 aliphatic rings. The molecule has 0 saturated heterocycles. The molecule has 1 aromatic heterocycles. The van der Waals surface area contributed by atoms with E-state index in [2.05, 4.69) is 24.6 Å². The van der Waals surface area contributed by atoms with Gasteiger partial charge in [-0.1, -0.05) is 12.1 Å². The van der Waals surface area contributed by atoms with Gasteiger partial charge in [-0.15, -0.1) is 10.1 Å². The number of thiol groups is 1. The molecule has 1 heterocycles. The lowest BCUT2D eigenvalue weighted by molar-refractivity contribution is -0.115. The Hall–Kier alpha value is -3.24. The molecule has 3 rings (SSSR count). The van der Waals surface area contributed by atoms with Crippen LogP contribution in [0.5, 0.6) is 5.75 Å². The molecule has 2 aromatic carbocycles. The van der Waals surface area contributed by atoms with Gasteiger partial charge in [-0.3, -0.25) is 4.79 Å². The van der Waals surface area contributed by atoms with Crippen LogP contribution in [-0.4, -0.2) is 38.8 Å². The molecule has 0 radical (unpaired) electrons. The van der Waals surface area contributed by atoms with Gasteiger partial charge in [0, 0.05) is 24.4 Å². The fourth-order valence-electron chi connectivity index (χ4n) is 2.90. The number of carbonyl (C=O) groups excluding carboxylic acids is 1. The number of halogens is 1. The number of nitrogens with one attached hydrogen (secondary N) is 1. The van der Waals surface area contributed by atoms with Crippen molar-refractivity contribution in [1.82, 2.24) is 15.0 Å². The van der Waals surface area contributed by atoms with Crippen LogP contribution in [-0.2, 0) is 20.7 Å². The highest BCUT2D eigenvalue weighted by Gasteiger charge is 2.12. The minimum Gasteiger partial charge on any atom is -0.496 e. The molecule has 30 heavy (non-hydrogen) atoms. The summed E-state index contributed by atoms with van der Waals surface area (Å²) in [5, 5.41) is 3.09. The zero-order chi connectivity index (χ0) is 21.7. The van der Waals surface area contributed by atoms with Crippen LogP contribution in [0, 0.1) is 5.82 Å². The van der Waals surface area contributed by atoms with Crippen LogP contribution in [0.25, 0.3) is 11.4 Å². The average molecular weight is 431 g/mol. The molecule has 8 nitrogen and oxygen atoms in total. The molecule has 2 N–H and O–H groups in total. The van der Waals surface area contributed by atoms with Crippen LogP contribution in [0.2, 0.25) is 0 Å². The first-order chi connectivity index (χ1) is 14.3. The smallest absolute Gasteiger partial charge is 0.248 e. The molecule has 0 spiro atoms. The van der Waals surface area contributed by atoms with Gasteiger partial charge in [0.2, 0.25) is 11.9 Å². The number of hydrogen-bond acceptors (Lipinski definition) is 6. The number of aromatic nitrogens is 3. The van der Waals surface area contributed by atoms with E-state index in [4.69, 9.17) is 4.74 Å². The molecule has 0 unspecified atom stereocenters. The van der Waals surface area contributed by atoms with Crippen LogP contribution in [0.15, 0.2) is 53.2 Å². The fraction of sp³-hybridized carbons (Fsp3) is 0.200. The summed E-state index contributed by atoms with van der Waals surface area (Å²) in [4.78, 5) is 23.9. The van der Waals surface area contributed by atoms with Crippen molar-refractivity contribution in [2.45, 2.75) is 12.7 Å². The lowest BCUT2D eigenvalue weighted by atomic mass is 10.2. The van der Waals surface area contributed by atoms with Crippen molar-refractivity contribution in [3.63, 3.8) is 0 Å². The highest BCUT2D eigenvalue weighted by molar-refractivity contribution is 7.98. The zero-order valence-corrected chi connectivity index (χ0v) is 17.6. The maximum atomic E-state index is 13.5. The molecule has 0 fully saturated rings. The SMILES string of the molecule is COc1cc(F)ccc1-c1ncnc(Nc2cccc(C[SH](C)(O)=NC(C)=O)c2)n1. The number of hydrogen-bond donors (Lipinski definition) is 3. The minimum absolute atomic E-state index is 0.275. The second-order valence-electron chi connectivity index (χ2n) is 6.67. The van der Waals surface area contributed by atoms with Gasteiger partial charge < -0.3 is 14.6 Å². The largest absolute Gasteiger partial charge is 0.496 e. The van der Waals surface area contributed by atoms with Crippen molar-refractivity contribution in [2.24, 2.45) is 4.36 Å². The van der Waals surface area contributed by atoms with E-state index in [9.17, 15) is 13.7 Å². The summed E-state index contributed by atoms with van der Waals surface area (Å²) in [5.74, 6) is 0.395. The number of ether oxygens (including phenoxy) is 1. The number of amides is 1. The molecule has 158 valence electrons. The molecule has 0 aliphatic heterocycles. The molecule has 0 bridgehead atoms. The van der Waals surface area contributed by atoms with Crippen molar-refractivity contribution < 1.29 is 18.5 Å². The Morgan fingerprint density at radius 3 is 2.80 bits per heavy atom. The maximum Gasteiger partial charge on any atom is 0.248 e. The summed E-state index contributed by atoms with van der Waals surface area (Å²) in [6.07, 6.45) is 2.93. The molecule has 0 aliphatic carbocycles. The Morgan fingerprint density at radius 1 is 1.27 bits per heavy atom. The summed E-state index contributed by atoms with van der Waals surface area (Å²) >= 11 is 0. The number of carbonyl (C=O) groups is 1. The zero-order valence-electron chi connectivity index (χ0n) is 16.7. The monoisotopic (exact) mass is 431 g/mol.